The average molecular weight is 404 g/mol. The Morgan fingerprint density at radius 3 is 2.46 bits per heavy atom. The highest BCUT2D eigenvalue weighted by Crippen LogP contribution is 2.27. The minimum absolute atomic E-state index is 0.146. The van der Waals surface area contributed by atoms with Crippen LogP contribution in [0.4, 0.5) is 13.2 Å². The van der Waals surface area contributed by atoms with Crippen LogP contribution in [0.2, 0.25) is 0 Å². The fraction of sp³-hybridized carbons (Fsp3) is 0.438. The van der Waals surface area contributed by atoms with Crippen molar-refractivity contribution < 1.29 is 18.0 Å². The Bertz CT molecular complexity index is 764. The summed E-state index contributed by atoms with van der Waals surface area (Å²) in [5, 5.41) is 0.950. The van der Waals surface area contributed by atoms with Gasteiger partial charge < -0.3 is 9.47 Å². The zero-order valence-electron chi connectivity index (χ0n) is 13.1. The van der Waals surface area contributed by atoms with E-state index < -0.39 is 12.7 Å². The first kappa shape index (κ1) is 17.3. The van der Waals surface area contributed by atoms with Crippen LogP contribution < -0.4 is 0 Å². The van der Waals surface area contributed by atoms with Crippen LogP contribution in [0.25, 0.3) is 10.9 Å². The molecule has 1 aliphatic heterocycles. The van der Waals surface area contributed by atoms with Crippen molar-refractivity contribution in [1.29, 1.82) is 0 Å². The number of halogens is 4. The predicted octanol–water partition coefficient (Wildman–Crippen LogP) is 3.26. The van der Waals surface area contributed by atoms with Gasteiger partial charge in [0.05, 0.1) is 12.1 Å². The van der Waals surface area contributed by atoms with E-state index in [4.69, 9.17) is 0 Å². The van der Waals surface area contributed by atoms with Crippen LogP contribution in [0.15, 0.2) is 28.7 Å². The van der Waals surface area contributed by atoms with Gasteiger partial charge in [-0.15, -0.1) is 0 Å². The lowest BCUT2D eigenvalue weighted by Crippen LogP contribution is -2.51. The fourth-order valence-electron chi connectivity index (χ4n) is 3.10. The molecule has 0 aliphatic carbocycles. The molecule has 1 fully saturated rings. The third kappa shape index (κ3) is 3.44. The van der Waals surface area contributed by atoms with Crippen molar-refractivity contribution in [3.8, 4) is 0 Å². The quantitative estimate of drug-likeness (QED) is 0.769. The number of hydrogen-bond donors (Lipinski definition) is 0. The Balaban J connectivity index is 1.74. The first-order valence-electron chi connectivity index (χ1n) is 7.58. The molecule has 1 aromatic heterocycles. The number of rotatable bonds is 2. The molecule has 1 amide bonds. The molecule has 0 saturated carbocycles. The summed E-state index contributed by atoms with van der Waals surface area (Å²) >= 11 is 3.48. The van der Waals surface area contributed by atoms with Gasteiger partial charge in [-0.1, -0.05) is 12.1 Å². The molecule has 2 aromatic rings. The molecular formula is C16H17BrF3N3O. The smallest absolute Gasteiger partial charge is 0.339 e. The van der Waals surface area contributed by atoms with Crippen LogP contribution >= 0.6 is 15.9 Å². The number of benzene rings is 1. The molecule has 2 heterocycles. The zero-order chi connectivity index (χ0) is 17.5. The number of aryl methyl sites for hydroxylation is 1. The molecule has 24 heavy (non-hydrogen) atoms. The highest BCUT2D eigenvalue weighted by atomic mass is 79.9. The van der Waals surface area contributed by atoms with Gasteiger partial charge in [0.15, 0.2) is 0 Å². The van der Waals surface area contributed by atoms with Gasteiger partial charge in [0.25, 0.3) is 5.91 Å². The number of fused-ring (bicyclic) bond motifs is 1. The molecule has 1 aromatic carbocycles. The monoisotopic (exact) mass is 403 g/mol. The number of alkyl halides is 3. The van der Waals surface area contributed by atoms with Gasteiger partial charge in [0.1, 0.15) is 5.69 Å². The molecule has 0 N–H and O–H groups in total. The van der Waals surface area contributed by atoms with Gasteiger partial charge in [-0.25, -0.2) is 0 Å². The van der Waals surface area contributed by atoms with Crippen LogP contribution in [-0.2, 0) is 7.05 Å². The van der Waals surface area contributed by atoms with Crippen LogP contribution in [0.3, 0.4) is 0 Å². The van der Waals surface area contributed by atoms with Gasteiger partial charge in [-0.3, -0.25) is 9.69 Å². The molecule has 0 unspecified atom stereocenters. The second-order valence-electron chi connectivity index (χ2n) is 5.95. The SMILES string of the molecule is Cn1c(C(=O)N2CCN(CC(F)(F)F)CC2)cc2cccc(Br)c21. The maximum atomic E-state index is 12.7. The molecular weight excluding hydrogens is 387 g/mol. The third-order valence-corrected chi connectivity index (χ3v) is 4.93. The van der Waals surface area contributed by atoms with Crippen molar-refractivity contribution in [1.82, 2.24) is 14.4 Å². The standard InChI is InChI=1S/C16H17BrF3N3O/c1-21-13(9-11-3-2-4-12(17)14(11)21)15(24)23-7-5-22(6-8-23)10-16(18,19)20/h2-4,9H,5-8,10H2,1H3. The van der Waals surface area contributed by atoms with E-state index in [1.54, 1.807) is 4.90 Å². The van der Waals surface area contributed by atoms with Crippen LogP contribution in [0.5, 0.6) is 0 Å². The molecule has 0 spiro atoms. The van der Waals surface area contributed by atoms with Gasteiger partial charge >= 0.3 is 6.18 Å². The summed E-state index contributed by atoms with van der Waals surface area (Å²) < 4.78 is 40.0. The van der Waals surface area contributed by atoms with Gasteiger partial charge in [-0.2, -0.15) is 13.2 Å². The first-order valence-corrected chi connectivity index (χ1v) is 8.38. The Morgan fingerprint density at radius 2 is 1.88 bits per heavy atom. The van der Waals surface area contributed by atoms with Gasteiger partial charge in [0.2, 0.25) is 0 Å². The van der Waals surface area contributed by atoms with E-state index in [1.165, 1.54) is 4.90 Å². The lowest BCUT2D eigenvalue weighted by molar-refractivity contribution is -0.148. The fourth-order valence-corrected chi connectivity index (χ4v) is 3.74. The average Bonchev–Trinajstić information content (AvgIpc) is 2.84. The highest BCUT2D eigenvalue weighted by molar-refractivity contribution is 9.10. The normalized spacial score (nSPS) is 16.8. The Labute approximate surface area is 145 Å². The van der Waals surface area contributed by atoms with Crippen LogP contribution in [0.1, 0.15) is 10.5 Å². The molecule has 0 atom stereocenters. The Kier molecular flexibility index (Phi) is 4.61. The summed E-state index contributed by atoms with van der Waals surface area (Å²) in [5.74, 6) is -0.146. The largest absolute Gasteiger partial charge is 0.401 e. The number of aromatic nitrogens is 1. The van der Waals surface area contributed by atoms with E-state index in [-0.39, 0.29) is 19.0 Å². The van der Waals surface area contributed by atoms with Gasteiger partial charge in [0, 0.05) is 43.1 Å². The van der Waals surface area contributed by atoms with Crippen molar-refractivity contribution in [3.05, 3.63) is 34.4 Å². The van der Waals surface area contributed by atoms with Crippen LogP contribution in [0, 0.1) is 0 Å². The zero-order valence-corrected chi connectivity index (χ0v) is 14.7. The van der Waals surface area contributed by atoms with E-state index in [1.807, 2.05) is 35.9 Å². The number of piperazine rings is 1. The van der Waals surface area contributed by atoms with E-state index in [2.05, 4.69) is 15.9 Å². The highest BCUT2D eigenvalue weighted by Gasteiger charge is 2.33. The topological polar surface area (TPSA) is 28.5 Å². The molecule has 8 heteroatoms. The van der Waals surface area contributed by atoms with Crippen molar-refractivity contribution in [2.75, 3.05) is 32.7 Å². The summed E-state index contributed by atoms with van der Waals surface area (Å²) in [5.41, 5.74) is 1.47. The molecule has 130 valence electrons. The summed E-state index contributed by atoms with van der Waals surface area (Å²) in [6, 6.07) is 7.56. The Hall–Kier alpha value is -1.54. The van der Waals surface area contributed by atoms with E-state index in [0.29, 0.717) is 18.8 Å². The maximum absolute atomic E-state index is 12.7. The number of carbonyl (C=O) groups is 1. The number of nitrogens with zero attached hydrogens (tertiary/aromatic N) is 3. The van der Waals surface area contributed by atoms with Crippen molar-refractivity contribution >= 4 is 32.7 Å². The van der Waals surface area contributed by atoms with Crippen molar-refractivity contribution in [2.45, 2.75) is 6.18 Å². The second kappa shape index (κ2) is 6.40. The Morgan fingerprint density at radius 1 is 1.21 bits per heavy atom. The second-order valence-corrected chi connectivity index (χ2v) is 6.80. The maximum Gasteiger partial charge on any atom is 0.401 e. The summed E-state index contributed by atoms with van der Waals surface area (Å²) in [6.45, 7) is 0.156. The van der Waals surface area contributed by atoms with Crippen LogP contribution in [-0.4, -0.2) is 59.2 Å². The number of hydrogen-bond acceptors (Lipinski definition) is 2. The molecule has 0 bridgehead atoms. The summed E-state index contributed by atoms with van der Waals surface area (Å²) in [7, 11) is 1.82. The number of amides is 1. The summed E-state index contributed by atoms with van der Waals surface area (Å²) in [4.78, 5) is 15.7. The van der Waals surface area contributed by atoms with Crippen molar-refractivity contribution in [3.63, 3.8) is 0 Å². The van der Waals surface area contributed by atoms with Gasteiger partial charge in [-0.05, 0) is 28.1 Å². The molecule has 1 saturated heterocycles. The number of carbonyl (C=O) groups excluding carboxylic acids is 1. The van der Waals surface area contributed by atoms with E-state index >= 15 is 0 Å². The molecule has 4 nitrogen and oxygen atoms in total. The van der Waals surface area contributed by atoms with Crippen molar-refractivity contribution in [2.24, 2.45) is 7.05 Å². The third-order valence-electron chi connectivity index (χ3n) is 4.29. The number of para-hydroxylation sites is 1. The minimum Gasteiger partial charge on any atom is -0.339 e. The van der Waals surface area contributed by atoms with E-state index in [9.17, 15) is 18.0 Å². The van der Waals surface area contributed by atoms with E-state index in [0.717, 1.165) is 15.4 Å². The predicted molar refractivity (Wildman–Crippen MR) is 89.0 cm³/mol. The molecule has 3 rings (SSSR count). The lowest BCUT2D eigenvalue weighted by atomic mass is 10.2. The summed E-state index contributed by atoms with van der Waals surface area (Å²) in [6.07, 6.45) is -4.20. The minimum atomic E-state index is -4.20. The molecule has 1 aliphatic rings. The lowest BCUT2D eigenvalue weighted by Gasteiger charge is -2.35. The first-order chi connectivity index (χ1) is 11.3. The molecule has 0 radical (unpaired) electrons.